The van der Waals surface area contributed by atoms with E-state index in [0.717, 1.165) is 16.0 Å². The van der Waals surface area contributed by atoms with E-state index >= 15 is 0 Å². The fourth-order valence-electron chi connectivity index (χ4n) is 4.99. The molecule has 1 fully saturated rings. The molecule has 9 heteroatoms. The molecule has 1 amide bonds. The Morgan fingerprint density at radius 2 is 2.08 bits per heavy atom. The van der Waals surface area contributed by atoms with Gasteiger partial charge in [0.1, 0.15) is 30.0 Å². The van der Waals surface area contributed by atoms with Crippen LogP contribution in [0.15, 0.2) is 78.9 Å². The lowest BCUT2D eigenvalue weighted by Gasteiger charge is -2.23. The van der Waals surface area contributed by atoms with Gasteiger partial charge in [-0.15, -0.1) is 0 Å². The van der Waals surface area contributed by atoms with Gasteiger partial charge in [0.15, 0.2) is 5.13 Å². The molecule has 1 saturated heterocycles. The van der Waals surface area contributed by atoms with Crippen LogP contribution in [0.3, 0.4) is 0 Å². The summed E-state index contributed by atoms with van der Waals surface area (Å²) in [4.78, 5) is 33.1. The average molecular weight is 559 g/mol. The molecule has 2 aliphatic heterocycles. The zero-order chi connectivity index (χ0) is 27.3. The van der Waals surface area contributed by atoms with Crippen molar-refractivity contribution >= 4 is 55.7 Å². The topological polar surface area (TPSA) is 89.0 Å². The Morgan fingerprint density at radius 1 is 1.23 bits per heavy atom. The average Bonchev–Trinajstić information content (AvgIpc) is 3.59. The number of anilines is 1. The first-order valence-corrected chi connectivity index (χ1v) is 13.5. The zero-order valence-electron chi connectivity index (χ0n) is 20.9. The van der Waals surface area contributed by atoms with Crippen molar-refractivity contribution in [3.63, 3.8) is 0 Å². The van der Waals surface area contributed by atoms with Gasteiger partial charge in [0.2, 0.25) is 0 Å². The number of thiazole rings is 1. The lowest BCUT2D eigenvalue weighted by atomic mass is 9.94. The van der Waals surface area contributed by atoms with Crippen molar-refractivity contribution in [1.29, 1.82) is 0 Å². The van der Waals surface area contributed by atoms with Crippen molar-refractivity contribution < 1.29 is 24.2 Å². The number of aliphatic hydroxyl groups excluding tert-OH is 1. The number of rotatable bonds is 6. The number of ether oxygens (including phenoxy) is 2. The molecule has 2 aliphatic rings. The van der Waals surface area contributed by atoms with E-state index in [1.54, 1.807) is 60.7 Å². The second-order valence-corrected chi connectivity index (χ2v) is 10.9. The van der Waals surface area contributed by atoms with Gasteiger partial charge in [0.05, 0.1) is 21.8 Å². The molecule has 2 atom stereocenters. The Labute approximate surface area is 233 Å². The van der Waals surface area contributed by atoms with Crippen LogP contribution in [-0.2, 0) is 16.0 Å². The first-order chi connectivity index (χ1) is 18.8. The van der Waals surface area contributed by atoms with Crippen LogP contribution < -0.4 is 14.4 Å². The van der Waals surface area contributed by atoms with Crippen molar-refractivity contribution in [3.05, 3.63) is 101 Å². The van der Waals surface area contributed by atoms with Crippen LogP contribution >= 0.6 is 22.9 Å². The smallest absolute Gasteiger partial charge is 0.301 e. The number of hydrogen-bond acceptors (Lipinski definition) is 7. The van der Waals surface area contributed by atoms with E-state index in [-0.39, 0.29) is 24.0 Å². The number of amides is 1. The minimum Gasteiger partial charge on any atom is -0.507 e. The molecule has 196 valence electrons. The molecule has 3 aromatic carbocycles. The standard InChI is InChI=1S/C30H23ClN2O5S/c1-3-11-37-21-6-4-5-17(14-21)26-25(27(34)18-7-10-23-19(13-18)12-16(2)38-23)28(35)29(36)33(26)30-32-22-9-8-20(31)15-24(22)39-30/h3-10,13-16,26,34H,1,11-12H2,2H3. The number of nitrogens with zero attached hydrogens (tertiary/aromatic N) is 2. The highest BCUT2D eigenvalue weighted by molar-refractivity contribution is 7.22. The van der Waals surface area contributed by atoms with Crippen LogP contribution in [0.5, 0.6) is 11.5 Å². The SMILES string of the molecule is C=CCOc1cccc(C2C(=C(O)c3ccc4c(c3)CC(C)O4)C(=O)C(=O)N2c2nc3ccc(Cl)cc3s2)c1. The summed E-state index contributed by atoms with van der Waals surface area (Å²) in [6, 6.07) is 16.7. The van der Waals surface area contributed by atoms with Crippen LogP contribution in [0.1, 0.15) is 29.7 Å². The van der Waals surface area contributed by atoms with Crippen molar-refractivity contribution in [2.45, 2.75) is 25.5 Å². The minimum atomic E-state index is -0.934. The van der Waals surface area contributed by atoms with Gasteiger partial charge >= 0.3 is 5.91 Å². The van der Waals surface area contributed by atoms with E-state index in [1.807, 2.05) is 13.0 Å². The molecule has 0 aliphatic carbocycles. The van der Waals surface area contributed by atoms with Crippen LogP contribution in [0.4, 0.5) is 5.13 Å². The highest BCUT2D eigenvalue weighted by atomic mass is 35.5. The van der Waals surface area contributed by atoms with E-state index in [1.165, 1.54) is 16.2 Å². The molecule has 6 rings (SSSR count). The normalized spacial score (nSPS) is 19.8. The van der Waals surface area contributed by atoms with Gasteiger partial charge in [-0.1, -0.05) is 47.7 Å². The Morgan fingerprint density at radius 3 is 2.90 bits per heavy atom. The van der Waals surface area contributed by atoms with E-state index < -0.39 is 17.7 Å². The van der Waals surface area contributed by atoms with Crippen LogP contribution in [0.25, 0.3) is 16.0 Å². The number of ketones is 1. The summed E-state index contributed by atoms with van der Waals surface area (Å²) in [6.45, 7) is 5.94. The number of hydrogen-bond donors (Lipinski definition) is 1. The molecule has 0 radical (unpaired) electrons. The molecule has 2 unspecified atom stereocenters. The molecule has 7 nitrogen and oxygen atoms in total. The largest absolute Gasteiger partial charge is 0.507 e. The van der Waals surface area contributed by atoms with Gasteiger partial charge in [-0.05, 0) is 66.6 Å². The lowest BCUT2D eigenvalue weighted by molar-refractivity contribution is -0.132. The van der Waals surface area contributed by atoms with Crippen LogP contribution in [0, 0.1) is 0 Å². The van der Waals surface area contributed by atoms with Gasteiger partial charge in [0, 0.05) is 17.0 Å². The first kappa shape index (κ1) is 25.2. The molecule has 39 heavy (non-hydrogen) atoms. The monoisotopic (exact) mass is 558 g/mol. The molecule has 4 aromatic rings. The fourth-order valence-corrected chi connectivity index (χ4v) is 6.26. The third-order valence-corrected chi connectivity index (χ3v) is 7.95. The third kappa shape index (κ3) is 4.45. The maximum atomic E-state index is 13.6. The minimum absolute atomic E-state index is 0.0221. The highest BCUT2D eigenvalue weighted by Crippen LogP contribution is 2.45. The molecule has 1 aromatic heterocycles. The van der Waals surface area contributed by atoms with Gasteiger partial charge in [0.25, 0.3) is 5.78 Å². The number of carbonyl (C=O) groups excluding carboxylic acids is 2. The Hall–Kier alpha value is -4.14. The van der Waals surface area contributed by atoms with Crippen LogP contribution in [0.2, 0.25) is 5.02 Å². The number of benzene rings is 3. The summed E-state index contributed by atoms with van der Waals surface area (Å²) in [5.74, 6) is -0.543. The molecule has 1 N–H and O–H groups in total. The summed E-state index contributed by atoms with van der Waals surface area (Å²) < 4.78 is 12.3. The number of aromatic nitrogens is 1. The molecule has 0 bridgehead atoms. The first-order valence-electron chi connectivity index (χ1n) is 12.3. The third-order valence-electron chi connectivity index (χ3n) is 6.70. The lowest BCUT2D eigenvalue weighted by Crippen LogP contribution is -2.29. The summed E-state index contributed by atoms with van der Waals surface area (Å²) in [5.41, 5.74) is 2.58. The predicted molar refractivity (Wildman–Crippen MR) is 152 cm³/mol. The fraction of sp³-hybridized carbons (Fsp3) is 0.167. The molecular weight excluding hydrogens is 536 g/mol. The highest BCUT2D eigenvalue weighted by Gasteiger charge is 2.48. The number of Topliss-reactive ketones (excluding diaryl/α,β-unsaturated/α-hetero) is 1. The second-order valence-electron chi connectivity index (χ2n) is 9.40. The molecule has 0 saturated carbocycles. The molecule has 3 heterocycles. The number of fused-ring (bicyclic) bond motifs is 2. The van der Waals surface area contributed by atoms with Crippen molar-refractivity contribution in [2.24, 2.45) is 0 Å². The molecule has 0 spiro atoms. The summed E-state index contributed by atoms with van der Waals surface area (Å²) in [7, 11) is 0. The summed E-state index contributed by atoms with van der Waals surface area (Å²) in [5, 5.41) is 12.4. The zero-order valence-corrected chi connectivity index (χ0v) is 22.5. The Kier molecular flexibility index (Phi) is 6.37. The second kappa shape index (κ2) is 9.87. The Balaban J connectivity index is 1.53. The maximum Gasteiger partial charge on any atom is 0.301 e. The van der Waals surface area contributed by atoms with Crippen molar-refractivity contribution in [3.8, 4) is 11.5 Å². The van der Waals surface area contributed by atoms with E-state index in [0.29, 0.717) is 39.0 Å². The number of aliphatic hydroxyl groups is 1. The van der Waals surface area contributed by atoms with E-state index in [2.05, 4.69) is 11.6 Å². The Bertz CT molecular complexity index is 1690. The quantitative estimate of drug-likeness (QED) is 0.126. The summed E-state index contributed by atoms with van der Waals surface area (Å²) in [6.07, 6.45) is 2.34. The van der Waals surface area contributed by atoms with Gasteiger partial charge in [-0.25, -0.2) is 4.98 Å². The van der Waals surface area contributed by atoms with E-state index in [9.17, 15) is 14.7 Å². The maximum absolute atomic E-state index is 13.6. The predicted octanol–water partition coefficient (Wildman–Crippen LogP) is 6.46. The van der Waals surface area contributed by atoms with Crippen molar-refractivity contribution in [1.82, 2.24) is 4.98 Å². The van der Waals surface area contributed by atoms with Crippen LogP contribution in [-0.4, -0.2) is 34.5 Å². The van der Waals surface area contributed by atoms with Crippen molar-refractivity contribution in [2.75, 3.05) is 11.5 Å². The summed E-state index contributed by atoms with van der Waals surface area (Å²) >= 11 is 7.43. The van der Waals surface area contributed by atoms with Gasteiger partial charge in [-0.2, -0.15) is 0 Å². The van der Waals surface area contributed by atoms with Gasteiger partial charge in [-0.3, -0.25) is 14.5 Å². The molecular formula is C30H23ClN2O5S. The van der Waals surface area contributed by atoms with Gasteiger partial charge < -0.3 is 14.6 Å². The number of halogens is 1. The number of carbonyl (C=O) groups is 2. The van der Waals surface area contributed by atoms with E-state index in [4.69, 9.17) is 21.1 Å².